The maximum absolute atomic E-state index is 12.0. The fraction of sp³-hybridized carbons (Fsp3) is 0.938. The number of carbonyl (C=O) groups is 1. The zero-order valence-corrected chi connectivity index (χ0v) is 13.0. The summed E-state index contributed by atoms with van der Waals surface area (Å²) in [6, 6.07) is 0.487. The van der Waals surface area contributed by atoms with E-state index in [-0.39, 0.29) is 11.8 Å². The molecule has 1 saturated heterocycles. The normalized spacial score (nSPS) is 23.6. The van der Waals surface area contributed by atoms with Crippen molar-refractivity contribution in [2.75, 3.05) is 13.1 Å². The Hall–Kier alpha value is -0.570. The SMILES string of the molecule is CC(C)CCCCCCNC(=O)[C@H]1CCN[C@@H](C)C1. The van der Waals surface area contributed by atoms with E-state index in [1.165, 1.54) is 25.7 Å². The lowest BCUT2D eigenvalue weighted by Gasteiger charge is -2.27. The van der Waals surface area contributed by atoms with Crippen LogP contribution < -0.4 is 10.6 Å². The minimum atomic E-state index is 0.234. The molecule has 0 bridgehead atoms. The highest BCUT2D eigenvalue weighted by Crippen LogP contribution is 2.16. The lowest BCUT2D eigenvalue weighted by atomic mass is 9.92. The molecule has 0 saturated carbocycles. The highest BCUT2D eigenvalue weighted by Gasteiger charge is 2.23. The molecular formula is C16H32N2O. The largest absolute Gasteiger partial charge is 0.356 e. The third-order valence-corrected chi connectivity index (χ3v) is 4.00. The van der Waals surface area contributed by atoms with Gasteiger partial charge in [-0.2, -0.15) is 0 Å². The van der Waals surface area contributed by atoms with Gasteiger partial charge in [0.05, 0.1) is 0 Å². The Labute approximate surface area is 118 Å². The van der Waals surface area contributed by atoms with Gasteiger partial charge in [-0.05, 0) is 38.6 Å². The Morgan fingerprint density at radius 2 is 2.00 bits per heavy atom. The van der Waals surface area contributed by atoms with Crippen molar-refractivity contribution in [2.45, 2.75) is 71.8 Å². The van der Waals surface area contributed by atoms with Crippen LogP contribution in [-0.4, -0.2) is 25.0 Å². The van der Waals surface area contributed by atoms with E-state index in [1.807, 2.05) is 0 Å². The van der Waals surface area contributed by atoms with Gasteiger partial charge in [-0.25, -0.2) is 0 Å². The van der Waals surface area contributed by atoms with Crippen molar-refractivity contribution in [2.24, 2.45) is 11.8 Å². The molecule has 112 valence electrons. The minimum Gasteiger partial charge on any atom is -0.356 e. The minimum absolute atomic E-state index is 0.234. The van der Waals surface area contributed by atoms with E-state index in [4.69, 9.17) is 0 Å². The summed E-state index contributed by atoms with van der Waals surface area (Å²) in [6.45, 7) is 8.56. The summed E-state index contributed by atoms with van der Waals surface area (Å²) in [4.78, 5) is 12.0. The molecular weight excluding hydrogens is 236 g/mol. The zero-order valence-electron chi connectivity index (χ0n) is 13.0. The van der Waals surface area contributed by atoms with Crippen LogP contribution in [0, 0.1) is 11.8 Å². The number of hydrogen-bond acceptors (Lipinski definition) is 2. The molecule has 0 aromatic carbocycles. The average Bonchev–Trinajstić information content (AvgIpc) is 2.37. The molecule has 19 heavy (non-hydrogen) atoms. The molecule has 1 aliphatic rings. The number of rotatable bonds is 8. The van der Waals surface area contributed by atoms with Crippen LogP contribution in [0.5, 0.6) is 0 Å². The fourth-order valence-electron chi connectivity index (χ4n) is 2.76. The van der Waals surface area contributed by atoms with Crippen molar-refractivity contribution in [3.8, 4) is 0 Å². The van der Waals surface area contributed by atoms with Gasteiger partial charge >= 0.3 is 0 Å². The van der Waals surface area contributed by atoms with E-state index < -0.39 is 0 Å². The summed E-state index contributed by atoms with van der Waals surface area (Å²) >= 11 is 0. The lowest BCUT2D eigenvalue weighted by Crippen LogP contribution is -2.42. The fourth-order valence-corrected chi connectivity index (χ4v) is 2.76. The molecule has 0 unspecified atom stereocenters. The molecule has 0 aromatic heterocycles. The van der Waals surface area contributed by atoms with Gasteiger partial charge in [-0.3, -0.25) is 4.79 Å². The van der Waals surface area contributed by atoms with Gasteiger partial charge < -0.3 is 10.6 Å². The van der Waals surface area contributed by atoms with E-state index in [1.54, 1.807) is 0 Å². The van der Waals surface area contributed by atoms with Gasteiger partial charge in [-0.1, -0.05) is 39.5 Å². The highest BCUT2D eigenvalue weighted by atomic mass is 16.1. The Kier molecular flexibility index (Phi) is 8.11. The molecule has 3 nitrogen and oxygen atoms in total. The quantitative estimate of drug-likeness (QED) is 0.664. The molecule has 1 fully saturated rings. The van der Waals surface area contributed by atoms with Gasteiger partial charge in [0, 0.05) is 18.5 Å². The lowest BCUT2D eigenvalue weighted by molar-refractivity contribution is -0.126. The monoisotopic (exact) mass is 268 g/mol. The van der Waals surface area contributed by atoms with Crippen molar-refractivity contribution < 1.29 is 4.79 Å². The summed E-state index contributed by atoms with van der Waals surface area (Å²) in [5, 5.41) is 6.49. The van der Waals surface area contributed by atoms with E-state index in [2.05, 4.69) is 31.4 Å². The third-order valence-electron chi connectivity index (χ3n) is 4.00. The molecule has 3 heteroatoms. The molecule has 2 atom stereocenters. The van der Waals surface area contributed by atoms with Gasteiger partial charge in [-0.15, -0.1) is 0 Å². The van der Waals surface area contributed by atoms with Crippen LogP contribution in [0.4, 0.5) is 0 Å². The average molecular weight is 268 g/mol. The first kappa shape index (κ1) is 16.5. The van der Waals surface area contributed by atoms with E-state index in [9.17, 15) is 4.79 Å². The molecule has 0 radical (unpaired) electrons. The Morgan fingerprint density at radius 3 is 2.68 bits per heavy atom. The molecule has 0 aliphatic carbocycles. The molecule has 1 rings (SSSR count). The predicted molar refractivity (Wildman–Crippen MR) is 81.1 cm³/mol. The molecule has 2 N–H and O–H groups in total. The molecule has 1 heterocycles. The number of nitrogens with one attached hydrogen (secondary N) is 2. The Morgan fingerprint density at radius 1 is 1.26 bits per heavy atom. The number of unbranched alkanes of at least 4 members (excludes halogenated alkanes) is 3. The van der Waals surface area contributed by atoms with Gasteiger partial charge in [0.2, 0.25) is 5.91 Å². The number of hydrogen-bond donors (Lipinski definition) is 2. The summed E-state index contributed by atoms with van der Waals surface area (Å²) in [5.41, 5.74) is 0. The van der Waals surface area contributed by atoms with Crippen LogP contribution in [0.2, 0.25) is 0 Å². The van der Waals surface area contributed by atoms with Crippen LogP contribution in [0.1, 0.15) is 65.7 Å². The van der Waals surface area contributed by atoms with Crippen LogP contribution in [-0.2, 0) is 4.79 Å². The van der Waals surface area contributed by atoms with Crippen LogP contribution in [0.15, 0.2) is 0 Å². The molecule has 1 amide bonds. The van der Waals surface area contributed by atoms with E-state index in [0.29, 0.717) is 6.04 Å². The second kappa shape index (κ2) is 9.35. The zero-order chi connectivity index (χ0) is 14.1. The van der Waals surface area contributed by atoms with Gasteiger partial charge in [0.15, 0.2) is 0 Å². The van der Waals surface area contributed by atoms with Crippen molar-refractivity contribution in [1.82, 2.24) is 10.6 Å². The van der Waals surface area contributed by atoms with Crippen LogP contribution in [0.3, 0.4) is 0 Å². The highest BCUT2D eigenvalue weighted by molar-refractivity contribution is 5.78. The van der Waals surface area contributed by atoms with Crippen molar-refractivity contribution in [3.05, 3.63) is 0 Å². The van der Waals surface area contributed by atoms with Crippen molar-refractivity contribution in [1.29, 1.82) is 0 Å². The van der Waals surface area contributed by atoms with Crippen molar-refractivity contribution >= 4 is 5.91 Å². The first-order valence-electron chi connectivity index (χ1n) is 8.10. The first-order chi connectivity index (χ1) is 9.09. The summed E-state index contributed by atoms with van der Waals surface area (Å²) in [6.07, 6.45) is 8.32. The summed E-state index contributed by atoms with van der Waals surface area (Å²) in [7, 11) is 0. The first-order valence-corrected chi connectivity index (χ1v) is 8.10. The standard InChI is InChI=1S/C16H32N2O/c1-13(2)8-6-4-5-7-10-18-16(19)15-9-11-17-14(3)12-15/h13-15,17H,4-12H2,1-3H3,(H,18,19)/t14-,15-/m0/s1. The Balaban J connectivity index is 1.98. The second-order valence-corrected chi connectivity index (χ2v) is 6.46. The third kappa shape index (κ3) is 7.56. The van der Waals surface area contributed by atoms with E-state index >= 15 is 0 Å². The van der Waals surface area contributed by atoms with E-state index in [0.717, 1.165) is 38.3 Å². The number of amides is 1. The van der Waals surface area contributed by atoms with Crippen LogP contribution >= 0.6 is 0 Å². The Bertz CT molecular complexity index is 253. The maximum atomic E-state index is 12.0. The summed E-state index contributed by atoms with van der Waals surface area (Å²) in [5.74, 6) is 1.33. The molecule has 1 aliphatic heterocycles. The molecule has 0 aromatic rings. The number of carbonyl (C=O) groups excluding carboxylic acids is 1. The van der Waals surface area contributed by atoms with Gasteiger partial charge in [0.25, 0.3) is 0 Å². The van der Waals surface area contributed by atoms with Crippen LogP contribution in [0.25, 0.3) is 0 Å². The summed E-state index contributed by atoms with van der Waals surface area (Å²) < 4.78 is 0. The number of piperidine rings is 1. The van der Waals surface area contributed by atoms with Crippen molar-refractivity contribution in [3.63, 3.8) is 0 Å². The smallest absolute Gasteiger partial charge is 0.223 e. The topological polar surface area (TPSA) is 41.1 Å². The molecule has 0 spiro atoms. The predicted octanol–water partition coefficient (Wildman–Crippen LogP) is 3.10. The van der Waals surface area contributed by atoms with Gasteiger partial charge in [0.1, 0.15) is 0 Å². The second-order valence-electron chi connectivity index (χ2n) is 6.46. The maximum Gasteiger partial charge on any atom is 0.223 e.